The van der Waals surface area contributed by atoms with Crippen LogP contribution in [0.25, 0.3) is 16.0 Å². The monoisotopic (exact) mass is 397 g/mol. The molecule has 0 unspecified atom stereocenters. The molecule has 3 heterocycles. The molecule has 0 aliphatic carbocycles. The van der Waals surface area contributed by atoms with Crippen LogP contribution in [0.15, 0.2) is 46.6 Å². The smallest absolute Gasteiger partial charge is 0.319 e. The first-order chi connectivity index (χ1) is 13.6. The topological polar surface area (TPSA) is 81.7 Å². The lowest BCUT2D eigenvalue weighted by atomic mass is 10.2. The first-order valence-corrected chi connectivity index (χ1v) is 9.59. The highest BCUT2D eigenvalue weighted by atomic mass is 32.1. The molecule has 28 heavy (non-hydrogen) atoms. The number of benzene rings is 1. The van der Waals surface area contributed by atoms with E-state index in [2.05, 4.69) is 10.2 Å². The van der Waals surface area contributed by atoms with Gasteiger partial charge in [0.05, 0.1) is 25.7 Å². The third-order valence-corrected chi connectivity index (χ3v) is 5.48. The van der Waals surface area contributed by atoms with Crippen LogP contribution in [0.3, 0.4) is 0 Å². The molecular weight excluding hydrogens is 378 g/mol. The van der Waals surface area contributed by atoms with Crippen LogP contribution in [-0.4, -0.2) is 43.7 Å². The van der Waals surface area contributed by atoms with Gasteiger partial charge < -0.3 is 4.74 Å². The lowest BCUT2D eigenvalue weighted by molar-refractivity contribution is -0.142. The Labute approximate surface area is 164 Å². The largest absolute Gasteiger partial charge is 0.468 e. The molecule has 4 rings (SSSR count). The van der Waals surface area contributed by atoms with Crippen LogP contribution in [0.2, 0.25) is 0 Å². The molecule has 0 radical (unpaired) electrons. The number of aryl methyl sites for hydroxylation is 1. The van der Waals surface area contributed by atoms with Gasteiger partial charge in [0.15, 0.2) is 5.82 Å². The van der Waals surface area contributed by atoms with Crippen molar-refractivity contribution in [2.75, 3.05) is 13.7 Å². The highest BCUT2D eigenvalue weighted by molar-refractivity contribution is 7.17. The van der Waals surface area contributed by atoms with Crippen LogP contribution in [0.1, 0.15) is 11.4 Å². The summed E-state index contributed by atoms with van der Waals surface area (Å²) in [6.45, 7) is 1.07. The lowest BCUT2D eigenvalue weighted by Crippen LogP contribution is -2.30. The number of hydrogen-bond donors (Lipinski definition) is 0. The summed E-state index contributed by atoms with van der Waals surface area (Å²) in [4.78, 5) is 26.4. The fourth-order valence-electron chi connectivity index (χ4n) is 3.21. The number of carbonyl (C=O) groups is 1. The van der Waals surface area contributed by atoms with Gasteiger partial charge in [0.2, 0.25) is 5.78 Å². The highest BCUT2D eigenvalue weighted by Gasteiger charge is 2.19. The van der Waals surface area contributed by atoms with Crippen molar-refractivity contribution < 1.29 is 9.53 Å². The number of nitrogens with zero attached hydrogens (tertiary/aromatic N) is 5. The molecule has 144 valence electrons. The van der Waals surface area contributed by atoms with E-state index in [1.54, 1.807) is 7.05 Å². The number of aromatic nitrogens is 4. The van der Waals surface area contributed by atoms with E-state index in [9.17, 15) is 9.59 Å². The van der Waals surface area contributed by atoms with Crippen molar-refractivity contribution in [3.63, 3.8) is 0 Å². The van der Waals surface area contributed by atoms with E-state index in [1.807, 2.05) is 51.1 Å². The van der Waals surface area contributed by atoms with Gasteiger partial charge >= 0.3 is 5.97 Å². The van der Waals surface area contributed by atoms with Crippen LogP contribution in [-0.2, 0) is 29.7 Å². The van der Waals surface area contributed by atoms with Crippen LogP contribution >= 0.6 is 11.3 Å². The van der Waals surface area contributed by atoms with Gasteiger partial charge in [-0.25, -0.2) is 0 Å². The van der Waals surface area contributed by atoms with E-state index < -0.39 is 0 Å². The van der Waals surface area contributed by atoms with E-state index in [4.69, 9.17) is 4.74 Å². The Balaban J connectivity index is 1.75. The SMILES string of the molecule is COC(=O)CN(Cc1ccccc1)Cc1nnc2n(C)c(=O)c3sccc3n12. The normalized spacial score (nSPS) is 11.5. The second-order valence-corrected chi connectivity index (χ2v) is 7.37. The minimum absolute atomic E-state index is 0.0906. The second-order valence-electron chi connectivity index (χ2n) is 6.46. The van der Waals surface area contributed by atoms with Crippen LogP contribution < -0.4 is 5.56 Å². The Morgan fingerprint density at radius 3 is 2.71 bits per heavy atom. The van der Waals surface area contributed by atoms with Crippen molar-refractivity contribution in [3.8, 4) is 0 Å². The zero-order valence-electron chi connectivity index (χ0n) is 15.5. The summed E-state index contributed by atoms with van der Waals surface area (Å²) < 4.78 is 8.88. The lowest BCUT2D eigenvalue weighted by Gasteiger charge is -2.20. The maximum Gasteiger partial charge on any atom is 0.319 e. The molecule has 8 nitrogen and oxygen atoms in total. The highest BCUT2D eigenvalue weighted by Crippen LogP contribution is 2.20. The molecule has 0 aliphatic heterocycles. The fraction of sp³-hybridized carbons (Fsp3) is 0.263. The average molecular weight is 397 g/mol. The van der Waals surface area contributed by atoms with Gasteiger partial charge in [-0.15, -0.1) is 21.5 Å². The standard InChI is InChI=1S/C19H19N5O3S/c1-22-18(26)17-14(8-9-28-17)24-15(20-21-19(22)24)11-23(12-16(25)27-2)10-13-6-4-3-5-7-13/h3-9H,10-12H2,1-2H3. The molecule has 0 amide bonds. The third-order valence-electron chi connectivity index (χ3n) is 4.59. The number of methoxy groups -OCH3 is 1. The fourth-order valence-corrected chi connectivity index (χ4v) is 4.06. The molecule has 0 N–H and O–H groups in total. The summed E-state index contributed by atoms with van der Waals surface area (Å²) in [7, 11) is 3.06. The van der Waals surface area contributed by atoms with Crippen molar-refractivity contribution >= 4 is 33.3 Å². The Kier molecular flexibility index (Phi) is 4.93. The summed E-state index contributed by atoms with van der Waals surface area (Å²) in [5.74, 6) is 0.815. The Bertz CT molecular complexity index is 1190. The minimum atomic E-state index is -0.321. The van der Waals surface area contributed by atoms with Crippen LogP contribution in [0.4, 0.5) is 0 Å². The van der Waals surface area contributed by atoms with E-state index >= 15 is 0 Å². The van der Waals surface area contributed by atoms with E-state index in [-0.39, 0.29) is 18.1 Å². The predicted octanol–water partition coefficient (Wildman–Crippen LogP) is 1.82. The molecule has 3 aromatic heterocycles. The molecule has 4 aromatic rings. The quantitative estimate of drug-likeness (QED) is 0.462. The molecule has 0 bridgehead atoms. The minimum Gasteiger partial charge on any atom is -0.468 e. The Hall–Kier alpha value is -3.04. The maximum atomic E-state index is 12.5. The zero-order chi connectivity index (χ0) is 19.7. The number of thiophene rings is 1. The first-order valence-electron chi connectivity index (χ1n) is 8.71. The number of carbonyl (C=O) groups excluding carboxylic acids is 1. The Morgan fingerprint density at radius 2 is 1.96 bits per heavy atom. The van der Waals surface area contributed by atoms with Gasteiger partial charge in [-0.3, -0.25) is 23.5 Å². The molecule has 1 aromatic carbocycles. The summed E-state index contributed by atoms with van der Waals surface area (Å²) in [5.41, 5.74) is 1.77. The van der Waals surface area contributed by atoms with Crippen LogP contribution in [0, 0.1) is 0 Å². The molecular formula is C19H19N5O3S. The zero-order valence-corrected chi connectivity index (χ0v) is 16.3. The number of esters is 1. The summed E-state index contributed by atoms with van der Waals surface area (Å²) in [6, 6.07) is 11.8. The molecule has 0 aliphatic rings. The van der Waals surface area contributed by atoms with Crippen molar-refractivity contribution in [1.82, 2.24) is 24.1 Å². The van der Waals surface area contributed by atoms with Crippen molar-refractivity contribution in [2.24, 2.45) is 7.05 Å². The molecule has 0 spiro atoms. The van der Waals surface area contributed by atoms with Crippen LogP contribution in [0.5, 0.6) is 0 Å². The molecule has 0 saturated heterocycles. The van der Waals surface area contributed by atoms with Gasteiger partial charge in [0.1, 0.15) is 4.70 Å². The third kappa shape index (κ3) is 3.30. The number of ether oxygens (including phenoxy) is 1. The maximum absolute atomic E-state index is 12.5. The van der Waals surface area contributed by atoms with Gasteiger partial charge in [-0.2, -0.15) is 0 Å². The van der Waals surface area contributed by atoms with E-state index in [0.717, 1.165) is 11.1 Å². The first kappa shape index (κ1) is 18.3. The van der Waals surface area contributed by atoms with Crippen molar-refractivity contribution in [1.29, 1.82) is 0 Å². The predicted molar refractivity (Wildman–Crippen MR) is 106 cm³/mol. The number of fused-ring (bicyclic) bond motifs is 3. The summed E-state index contributed by atoms with van der Waals surface area (Å²) >= 11 is 1.39. The van der Waals surface area contributed by atoms with Gasteiger partial charge in [-0.05, 0) is 17.0 Å². The molecule has 9 heteroatoms. The Morgan fingerprint density at radius 1 is 1.18 bits per heavy atom. The van der Waals surface area contributed by atoms with Crippen molar-refractivity contribution in [2.45, 2.75) is 13.1 Å². The van der Waals surface area contributed by atoms with Gasteiger partial charge in [0.25, 0.3) is 5.56 Å². The summed E-state index contributed by atoms with van der Waals surface area (Å²) in [6.07, 6.45) is 0. The van der Waals surface area contributed by atoms with Crippen molar-refractivity contribution in [3.05, 3.63) is 63.5 Å². The second kappa shape index (κ2) is 7.53. The van der Waals surface area contributed by atoms with E-state index in [0.29, 0.717) is 29.4 Å². The molecule has 0 atom stereocenters. The molecule has 0 saturated carbocycles. The number of hydrogen-bond acceptors (Lipinski definition) is 7. The summed E-state index contributed by atoms with van der Waals surface area (Å²) in [5, 5.41) is 10.4. The van der Waals surface area contributed by atoms with Gasteiger partial charge in [0, 0.05) is 13.6 Å². The van der Waals surface area contributed by atoms with Gasteiger partial charge in [-0.1, -0.05) is 30.3 Å². The number of rotatable bonds is 6. The molecule has 0 fully saturated rings. The average Bonchev–Trinajstić information content (AvgIpc) is 3.34. The van der Waals surface area contributed by atoms with E-state index in [1.165, 1.54) is 23.0 Å².